The van der Waals surface area contributed by atoms with Crippen molar-refractivity contribution in [1.82, 2.24) is 0 Å². The van der Waals surface area contributed by atoms with E-state index in [4.69, 9.17) is 15.2 Å². The molecule has 1 aliphatic carbocycles. The van der Waals surface area contributed by atoms with Gasteiger partial charge >= 0.3 is 0 Å². The SMILES string of the molecule is CCOC1(C(N)CC2CCOCC2)CCCCC1. The fourth-order valence-corrected chi connectivity index (χ4v) is 3.62. The molecule has 1 unspecified atom stereocenters. The summed E-state index contributed by atoms with van der Waals surface area (Å²) in [6.07, 6.45) is 9.69. The number of hydrogen-bond acceptors (Lipinski definition) is 3. The van der Waals surface area contributed by atoms with Crippen molar-refractivity contribution in [3.05, 3.63) is 0 Å². The van der Waals surface area contributed by atoms with Crippen LogP contribution in [0.3, 0.4) is 0 Å². The first-order valence-corrected chi connectivity index (χ1v) is 7.74. The van der Waals surface area contributed by atoms with Crippen molar-refractivity contribution in [2.75, 3.05) is 19.8 Å². The minimum Gasteiger partial charge on any atom is -0.381 e. The molecule has 1 saturated carbocycles. The van der Waals surface area contributed by atoms with Crippen molar-refractivity contribution in [2.24, 2.45) is 11.7 Å². The van der Waals surface area contributed by atoms with Gasteiger partial charge in [-0.25, -0.2) is 0 Å². The smallest absolute Gasteiger partial charge is 0.0832 e. The Morgan fingerprint density at radius 2 is 1.89 bits per heavy atom. The number of rotatable bonds is 5. The predicted octanol–water partition coefficient (Wildman–Crippen LogP) is 2.87. The Balaban J connectivity index is 1.91. The van der Waals surface area contributed by atoms with Crippen LogP contribution in [0.1, 0.15) is 58.3 Å². The van der Waals surface area contributed by atoms with E-state index in [1.54, 1.807) is 0 Å². The van der Waals surface area contributed by atoms with Gasteiger partial charge in [0.2, 0.25) is 0 Å². The van der Waals surface area contributed by atoms with Gasteiger partial charge in [0.15, 0.2) is 0 Å². The van der Waals surface area contributed by atoms with Crippen LogP contribution >= 0.6 is 0 Å². The van der Waals surface area contributed by atoms with Gasteiger partial charge in [-0.1, -0.05) is 19.3 Å². The molecule has 0 aromatic rings. The Hall–Kier alpha value is -0.120. The number of hydrogen-bond donors (Lipinski definition) is 1. The molecule has 0 radical (unpaired) electrons. The van der Waals surface area contributed by atoms with E-state index >= 15 is 0 Å². The second-order valence-corrected chi connectivity index (χ2v) is 5.96. The van der Waals surface area contributed by atoms with Crippen LogP contribution in [0.15, 0.2) is 0 Å². The number of nitrogens with two attached hydrogens (primary N) is 1. The van der Waals surface area contributed by atoms with Crippen LogP contribution in [0.4, 0.5) is 0 Å². The van der Waals surface area contributed by atoms with E-state index in [2.05, 4.69) is 6.92 Å². The lowest BCUT2D eigenvalue weighted by Crippen LogP contribution is -2.52. The van der Waals surface area contributed by atoms with Gasteiger partial charge in [-0.05, 0) is 44.9 Å². The molecule has 106 valence electrons. The maximum Gasteiger partial charge on any atom is 0.0832 e. The molecule has 0 bridgehead atoms. The standard InChI is InChI=1S/C15H29NO2/c1-2-18-15(8-4-3-5-9-15)14(16)12-13-6-10-17-11-7-13/h13-14H,2-12,16H2,1H3. The lowest BCUT2D eigenvalue weighted by Gasteiger charge is -2.43. The summed E-state index contributed by atoms with van der Waals surface area (Å²) in [4.78, 5) is 0. The molecule has 2 N–H and O–H groups in total. The molecule has 3 nitrogen and oxygen atoms in total. The number of ether oxygens (including phenoxy) is 2. The Morgan fingerprint density at radius 1 is 1.22 bits per heavy atom. The minimum atomic E-state index is -0.0225. The van der Waals surface area contributed by atoms with Gasteiger partial charge in [-0.15, -0.1) is 0 Å². The molecule has 0 aromatic heterocycles. The second-order valence-electron chi connectivity index (χ2n) is 5.96. The van der Waals surface area contributed by atoms with Crippen molar-refractivity contribution < 1.29 is 9.47 Å². The molecule has 3 heteroatoms. The summed E-state index contributed by atoms with van der Waals surface area (Å²) in [6.45, 7) is 4.72. The van der Waals surface area contributed by atoms with Gasteiger partial charge in [0.25, 0.3) is 0 Å². The average molecular weight is 255 g/mol. The summed E-state index contributed by atoms with van der Waals surface area (Å²) in [5, 5.41) is 0. The third-order valence-electron chi connectivity index (χ3n) is 4.74. The van der Waals surface area contributed by atoms with E-state index in [0.717, 1.165) is 45.0 Å². The predicted molar refractivity (Wildman–Crippen MR) is 73.6 cm³/mol. The van der Waals surface area contributed by atoms with Crippen LogP contribution in [0.25, 0.3) is 0 Å². The van der Waals surface area contributed by atoms with Crippen LogP contribution in [0.2, 0.25) is 0 Å². The molecular weight excluding hydrogens is 226 g/mol. The fraction of sp³-hybridized carbons (Fsp3) is 1.00. The van der Waals surface area contributed by atoms with Crippen LogP contribution in [0, 0.1) is 5.92 Å². The Bertz CT molecular complexity index is 227. The van der Waals surface area contributed by atoms with E-state index in [1.165, 1.54) is 32.1 Å². The highest BCUT2D eigenvalue weighted by Crippen LogP contribution is 2.37. The summed E-state index contributed by atoms with van der Waals surface area (Å²) >= 11 is 0. The highest BCUT2D eigenvalue weighted by Gasteiger charge is 2.39. The molecule has 1 aliphatic heterocycles. The van der Waals surface area contributed by atoms with E-state index < -0.39 is 0 Å². The Labute approximate surface area is 111 Å². The van der Waals surface area contributed by atoms with E-state index in [0.29, 0.717) is 0 Å². The van der Waals surface area contributed by atoms with E-state index in [-0.39, 0.29) is 11.6 Å². The van der Waals surface area contributed by atoms with Gasteiger partial charge in [0.05, 0.1) is 5.60 Å². The monoisotopic (exact) mass is 255 g/mol. The van der Waals surface area contributed by atoms with Crippen molar-refractivity contribution in [1.29, 1.82) is 0 Å². The van der Waals surface area contributed by atoms with Crippen molar-refractivity contribution in [3.63, 3.8) is 0 Å². The van der Waals surface area contributed by atoms with Gasteiger partial charge in [0.1, 0.15) is 0 Å². The molecular formula is C15H29NO2. The molecule has 0 spiro atoms. The quantitative estimate of drug-likeness (QED) is 0.821. The average Bonchev–Trinajstić information content (AvgIpc) is 2.41. The molecule has 2 rings (SSSR count). The first-order valence-electron chi connectivity index (χ1n) is 7.74. The molecule has 1 atom stereocenters. The summed E-state index contributed by atoms with van der Waals surface area (Å²) in [5.74, 6) is 0.744. The van der Waals surface area contributed by atoms with Crippen molar-refractivity contribution in [3.8, 4) is 0 Å². The van der Waals surface area contributed by atoms with Gasteiger partial charge in [-0.2, -0.15) is 0 Å². The highest BCUT2D eigenvalue weighted by atomic mass is 16.5. The van der Waals surface area contributed by atoms with Gasteiger partial charge < -0.3 is 15.2 Å². The third kappa shape index (κ3) is 3.46. The summed E-state index contributed by atoms with van der Waals surface area (Å²) in [7, 11) is 0. The highest BCUT2D eigenvalue weighted by molar-refractivity contribution is 4.95. The third-order valence-corrected chi connectivity index (χ3v) is 4.74. The van der Waals surface area contributed by atoms with Crippen molar-refractivity contribution >= 4 is 0 Å². The molecule has 2 aliphatic rings. The molecule has 0 aromatic carbocycles. The summed E-state index contributed by atoms with van der Waals surface area (Å²) < 4.78 is 11.5. The maximum atomic E-state index is 6.53. The zero-order chi connectivity index (χ0) is 12.8. The summed E-state index contributed by atoms with van der Waals surface area (Å²) in [5.41, 5.74) is 6.51. The lowest BCUT2D eigenvalue weighted by molar-refractivity contribution is -0.0883. The largest absolute Gasteiger partial charge is 0.381 e. The Kier molecular flexibility index (Phi) is 5.46. The normalized spacial score (nSPS) is 27.0. The molecule has 1 heterocycles. The molecule has 1 saturated heterocycles. The van der Waals surface area contributed by atoms with E-state index in [9.17, 15) is 0 Å². The second kappa shape index (κ2) is 6.88. The topological polar surface area (TPSA) is 44.5 Å². The summed E-state index contributed by atoms with van der Waals surface area (Å²) in [6, 6.07) is 0.209. The van der Waals surface area contributed by atoms with Gasteiger partial charge in [-0.3, -0.25) is 0 Å². The maximum absolute atomic E-state index is 6.53. The van der Waals surface area contributed by atoms with Gasteiger partial charge in [0, 0.05) is 25.9 Å². The molecule has 18 heavy (non-hydrogen) atoms. The van der Waals surface area contributed by atoms with Crippen LogP contribution < -0.4 is 5.73 Å². The minimum absolute atomic E-state index is 0.0225. The zero-order valence-corrected chi connectivity index (χ0v) is 11.8. The first kappa shape index (κ1) is 14.3. The van der Waals surface area contributed by atoms with E-state index in [1.807, 2.05) is 0 Å². The van der Waals surface area contributed by atoms with Crippen LogP contribution in [-0.4, -0.2) is 31.5 Å². The lowest BCUT2D eigenvalue weighted by atomic mass is 9.75. The van der Waals surface area contributed by atoms with Crippen molar-refractivity contribution in [2.45, 2.75) is 69.9 Å². The van der Waals surface area contributed by atoms with Crippen LogP contribution in [0.5, 0.6) is 0 Å². The van der Waals surface area contributed by atoms with Crippen LogP contribution in [-0.2, 0) is 9.47 Å². The molecule has 2 fully saturated rings. The molecule has 0 amide bonds. The first-order chi connectivity index (χ1) is 8.77. The zero-order valence-electron chi connectivity index (χ0n) is 11.8. The Morgan fingerprint density at radius 3 is 2.50 bits per heavy atom. The fourth-order valence-electron chi connectivity index (χ4n) is 3.62.